The lowest BCUT2D eigenvalue weighted by molar-refractivity contribution is 0.414. The predicted octanol–water partition coefficient (Wildman–Crippen LogP) is 3.13. The van der Waals surface area contributed by atoms with Gasteiger partial charge in [0.05, 0.1) is 6.20 Å². The van der Waals surface area contributed by atoms with Gasteiger partial charge >= 0.3 is 0 Å². The zero-order chi connectivity index (χ0) is 14.7. The van der Waals surface area contributed by atoms with Crippen LogP contribution in [0.15, 0.2) is 24.4 Å². The number of hydrogen-bond donors (Lipinski definition) is 2. The average molecular weight is 276 g/mol. The van der Waals surface area contributed by atoms with Crippen LogP contribution >= 0.6 is 0 Å². The van der Waals surface area contributed by atoms with Crippen molar-refractivity contribution in [1.82, 2.24) is 9.97 Å². The molecule has 0 saturated carbocycles. The third-order valence-corrected chi connectivity index (χ3v) is 2.84. The fraction of sp³-hybridized carbons (Fsp3) is 0.286. The van der Waals surface area contributed by atoms with Crippen LogP contribution in [0.3, 0.4) is 0 Å². The van der Waals surface area contributed by atoms with Crippen molar-refractivity contribution in [3.63, 3.8) is 0 Å². The zero-order valence-corrected chi connectivity index (χ0v) is 11.6. The molecule has 1 heterocycles. The van der Waals surface area contributed by atoms with Crippen LogP contribution in [0.1, 0.15) is 30.9 Å². The van der Waals surface area contributed by atoms with Gasteiger partial charge in [0.1, 0.15) is 5.75 Å². The maximum absolute atomic E-state index is 13.7. The first-order valence-corrected chi connectivity index (χ1v) is 6.29. The summed E-state index contributed by atoms with van der Waals surface area (Å²) >= 11 is 0. The molecular weight excluding hydrogens is 259 g/mol. The number of ether oxygens (including phenoxy) is 1. The summed E-state index contributed by atoms with van der Waals surface area (Å²) in [4.78, 5) is 7.54. The number of nitrogens with two attached hydrogens (primary N) is 1. The van der Waals surface area contributed by atoms with Gasteiger partial charge in [-0.2, -0.15) is 9.37 Å². The molecule has 2 rings (SSSR count). The second-order valence-electron chi connectivity index (χ2n) is 4.79. The van der Waals surface area contributed by atoms with Gasteiger partial charge < -0.3 is 4.74 Å². The number of rotatable bonds is 4. The Morgan fingerprint density at radius 3 is 2.75 bits per heavy atom. The first-order chi connectivity index (χ1) is 9.51. The normalized spacial score (nSPS) is 10.7. The van der Waals surface area contributed by atoms with Gasteiger partial charge in [-0.25, -0.2) is 10.8 Å². The number of nitrogens with one attached hydrogen (secondary N) is 1. The fourth-order valence-corrected chi connectivity index (χ4v) is 1.80. The van der Waals surface area contributed by atoms with E-state index in [1.54, 1.807) is 0 Å². The number of aromatic nitrogens is 2. The van der Waals surface area contributed by atoms with Crippen LogP contribution in [-0.4, -0.2) is 9.97 Å². The highest BCUT2D eigenvalue weighted by atomic mass is 19.1. The minimum Gasteiger partial charge on any atom is -0.436 e. The van der Waals surface area contributed by atoms with Crippen LogP contribution in [0, 0.1) is 12.7 Å². The van der Waals surface area contributed by atoms with Crippen molar-refractivity contribution in [1.29, 1.82) is 0 Å². The van der Waals surface area contributed by atoms with Gasteiger partial charge in [0.15, 0.2) is 0 Å². The monoisotopic (exact) mass is 276 g/mol. The van der Waals surface area contributed by atoms with Crippen molar-refractivity contribution in [3.05, 3.63) is 41.3 Å². The van der Waals surface area contributed by atoms with Gasteiger partial charge in [0, 0.05) is 0 Å². The molecule has 0 unspecified atom stereocenters. The summed E-state index contributed by atoms with van der Waals surface area (Å²) in [5.41, 5.74) is 4.27. The minimum absolute atomic E-state index is 0.0974. The fourth-order valence-electron chi connectivity index (χ4n) is 1.80. The number of hydrazine groups is 1. The molecule has 0 radical (unpaired) electrons. The van der Waals surface area contributed by atoms with Gasteiger partial charge in [-0.1, -0.05) is 26.0 Å². The Balaban J connectivity index is 2.41. The van der Waals surface area contributed by atoms with Gasteiger partial charge in [-0.05, 0) is 30.0 Å². The van der Waals surface area contributed by atoms with E-state index in [-0.39, 0.29) is 17.7 Å². The molecule has 0 bridgehead atoms. The van der Waals surface area contributed by atoms with E-state index in [1.807, 2.05) is 39.0 Å². The third kappa shape index (κ3) is 3.03. The molecule has 0 aliphatic rings. The van der Waals surface area contributed by atoms with Crippen LogP contribution in [0.2, 0.25) is 0 Å². The van der Waals surface area contributed by atoms with E-state index in [2.05, 4.69) is 15.4 Å². The Kier molecular flexibility index (Phi) is 4.14. The van der Waals surface area contributed by atoms with Crippen LogP contribution in [0.25, 0.3) is 0 Å². The van der Waals surface area contributed by atoms with Gasteiger partial charge in [-0.15, -0.1) is 0 Å². The van der Waals surface area contributed by atoms with E-state index in [0.29, 0.717) is 5.75 Å². The summed E-state index contributed by atoms with van der Waals surface area (Å²) in [5, 5.41) is 0. The standard InChI is InChI=1S/C14H17FN4O/c1-8(2)10-5-4-9(3)6-12(10)20-13-11(15)7-17-14(18-13)19-16/h4-8H,16H2,1-3H3,(H,17,18,19). The molecule has 0 fully saturated rings. The molecule has 1 aromatic heterocycles. The molecule has 0 spiro atoms. The SMILES string of the molecule is Cc1ccc(C(C)C)c(Oc2nc(NN)ncc2F)c1. The second-order valence-corrected chi connectivity index (χ2v) is 4.79. The van der Waals surface area contributed by atoms with E-state index in [0.717, 1.165) is 17.3 Å². The maximum Gasteiger partial charge on any atom is 0.260 e. The van der Waals surface area contributed by atoms with E-state index < -0.39 is 5.82 Å². The van der Waals surface area contributed by atoms with Crippen LogP contribution in [-0.2, 0) is 0 Å². The van der Waals surface area contributed by atoms with Gasteiger partial charge in [0.25, 0.3) is 5.88 Å². The molecule has 2 aromatic rings. The first kappa shape index (κ1) is 14.2. The Bertz CT molecular complexity index is 616. The van der Waals surface area contributed by atoms with Crippen molar-refractivity contribution in [2.75, 3.05) is 5.43 Å². The number of nitrogens with zero attached hydrogens (tertiary/aromatic N) is 2. The maximum atomic E-state index is 13.7. The number of anilines is 1. The zero-order valence-electron chi connectivity index (χ0n) is 11.6. The smallest absolute Gasteiger partial charge is 0.260 e. The van der Waals surface area contributed by atoms with Crippen LogP contribution < -0.4 is 16.0 Å². The third-order valence-electron chi connectivity index (χ3n) is 2.84. The van der Waals surface area contributed by atoms with Crippen LogP contribution in [0.5, 0.6) is 11.6 Å². The lowest BCUT2D eigenvalue weighted by Crippen LogP contribution is -2.11. The molecule has 106 valence electrons. The summed E-state index contributed by atoms with van der Waals surface area (Å²) in [6.45, 7) is 6.03. The molecule has 5 nitrogen and oxygen atoms in total. The van der Waals surface area contributed by atoms with Crippen molar-refractivity contribution in [2.45, 2.75) is 26.7 Å². The molecule has 0 saturated heterocycles. The number of aryl methyl sites for hydroxylation is 1. The molecule has 1 aromatic carbocycles. The average Bonchev–Trinajstić information content (AvgIpc) is 2.41. The minimum atomic E-state index is -0.639. The largest absolute Gasteiger partial charge is 0.436 e. The summed E-state index contributed by atoms with van der Waals surface area (Å²) in [6.07, 6.45) is 1.02. The topological polar surface area (TPSA) is 73.1 Å². The van der Waals surface area contributed by atoms with Crippen molar-refractivity contribution >= 4 is 5.95 Å². The Hall–Kier alpha value is -2.21. The molecule has 20 heavy (non-hydrogen) atoms. The summed E-state index contributed by atoms with van der Waals surface area (Å²) in [7, 11) is 0. The Labute approximate surface area is 117 Å². The lowest BCUT2D eigenvalue weighted by atomic mass is 10.0. The molecule has 6 heteroatoms. The number of halogens is 1. The number of nitrogen functional groups attached to an aromatic ring is 1. The second kappa shape index (κ2) is 5.83. The van der Waals surface area contributed by atoms with Crippen molar-refractivity contribution in [2.24, 2.45) is 5.84 Å². The molecule has 0 atom stereocenters. The molecule has 0 aliphatic heterocycles. The molecule has 3 N–H and O–H groups in total. The Morgan fingerprint density at radius 1 is 1.35 bits per heavy atom. The molecular formula is C14H17FN4O. The highest BCUT2D eigenvalue weighted by Gasteiger charge is 2.13. The summed E-state index contributed by atoms with van der Waals surface area (Å²) in [6, 6.07) is 5.81. The predicted molar refractivity (Wildman–Crippen MR) is 75.1 cm³/mol. The molecule has 0 amide bonds. The van der Waals surface area contributed by atoms with Crippen molar-refractivity contribution in [3.8, 4) is 11.6 Å². The van der Waals surface area contributed by atoms with Gasteiger partial charge in [-0.3, -0.25) is 5.43 Å². The quantitative estimate of drug-likeness (QED) is 0.663. The van der Waals surface area contributed by atoms with E-state index in [9.17, 15) is 4.39 Å². The molecule has 0 aliphatic carbocycles. The number of benzene rings is 1. The van der Waals surface area contributed by atoms with Crippen molar-refractivity contribution < 1.29 is 9.13 Å². The summed E-state index contributed by atoms with van der Waals surface area (Å²) < 4.78 is 19.3. The Morgan fingerprint density at radius 2 is 2.10 bits per heavy atom. The van der Waals surface area contributed by atoms with E-state index in [1.165, 1.54) is 0 Å². The van der Waals surface area contributed by atoms with Gasteiger partial charge in [0.2, 0.25) is 11.8 Å². The van der Waals surface area contributed by atoms with E-state index in [4.69, 9.17) is 10.6 Å². The van der Waals surface area contributed by atoms with Crippen LogP contribution in [0.4, 0.5) is 10.3 Å². The highest BCUT2D eigenvalue weighted by Crippen LogP contribution is 2.31. The highest BCUT2D eigenvalue weighted by molar-refractivity contribution is 5.41. The lowest BCUT2D eigenvalue weighted by Gasteiger charge is -2.14. The first-order valence-electron chi connectivity index (χ1n) is 6.29. The van der Waals surface area contributed by atoms with E-state index >= 15 is 0 Å². The number of hydrogen-bond acceptors (Lipinski definition) is 5. The summed E-state index contributed by atoms with van der Waals surface area (Å²) in [5.74, 6) is 5.35.